The van der Waals surface area contributed by atoms with Crippen LogP contribution < -0.4 is 14.2 Å². The number of carboxylic acids is 1. The molecule has 0 radical (unpaired) electrons. The number of aliphatic carboxylic acids is 1. The number of fused-ring (bicyclic) bond motifs is 2. The normalized spacial score (nSPS) is 16.2. The molecule has 0 bridgehead atoms. The van der Waals surface area contributed by atoms with Crippen molar-refractivity contribution in [2.24, 2.45) is 7.05 Å². The van der Waals surface area contributed by atoms with Crippen LogP contribution in [0.1, 0.15) is 54.9 Å². The lowest BCUT2D eigenvalue weighted by Crippen LogP contribution is -2.35. The lowest BCUT2D eigenvalue weighted by Gasteiger charge is -2.24. The molecular formula is C35H42N4O10S. The number of benzene rings is 3. The molecule has 2 atom stereocenters. The largest absolute Gasteiger partial charge is 0.494 e. The minimum atomic E-state index is -4.00. The fourth-order valence-electron chi connectivity index (χ4n) is 5.91. The first-order valence-electron chi connectivity index (χ1n) is 16.3. The predicted octanol–water partition coefficient (Wildman–Crippen LogP) is 4.21. The highest BCUT2D eigenvalue weighted by atomic mass is 32.2. The number of carboxylic acid groups (broad SMARTS) is 1. The summed E-state index contributed by atoms with van der Waals surface area (Å²) in [4.78, 5) is 23.6. The lowest BCUT2D eigenvalue weighted by atomic mass is 9.86. The van der Waals surface area contributed by atoms with Crippen molar-refractivity contribution in [1.82, 2.24) is 19.3 Å². The first-order valence-corrected chi connectivity index (χ1v) is 17.7. The van der Waals surface area contributed by atoms with Crippen molar-refractivity contribution in [2.45, 2.75) is 57.1 Å². The van der Waals surface area contributed by atoms with Gasteiger partial charge in [0.15, 0.2) is 0 Å². The number of nitrogens with zero attached hydrogens (tertiary/aromatic N) is 4. The van der Waals surface area contributed by atoms with E-state index in [-0.39, 0.29) is 69.0 Å². The van der Waals surface area contributed by atoms with E-state index in [1.54, 1.807) is 38.8 Å². The molecule has 15 heteroatoms. The smallest absolute Gasteiger partial charge is 0.306 e. The van der Waals surface area contributed by atoms with Crippen LogP contribution in [0.2, 0.25) is 0 Å². The second-order valence-electron chi connectivity index (χ2n) is 12.0. The van der Waals surface area contributed by atoms with Gasteiger partial charge < -0.3 is 28.8 Å². The molecule has 1 aliphatic heterocycles. The standard InChI is InChI=1S/C35H42N4O10S/c1-6-47-34(42)19-28(25-16-29-35(31(17-25)45-5)38(4)37-36-29)24-8-7-22(2)26(15-24)21-39-20-23(3)49-30-18-27(9-10-32(30)50(39,43)44)48-14-13-46-12-11-33(40)41/h7-10,15-18,23,28H,6,11-14,19-21H2,1-5H3,(H,40,41)/t23-,28?/m1/s1. The second kappa shape index (κ2) is 15.9. The summed E-state index contributed by atoms with van der Waals surface area (Å²) < 4.78 is 59.3. The Labute approximate surface area is 290 Å². The van der Waals surface area contributed by atoms with E-state index in [2.05, 4.69) is 10.3 Å². The number of aryl methyl sites for hydroxylation is 2. The van der Waals surface area contributed by atoms with Crippen molar-refractivity contribution in [1.29, 1.82) is 0 Å². The molecule has 50 heavy (non-hydrogen) atoms. The third-order valence-corrected chi connectivity index (χ3v) is 10.2. The quantitative estimate of drug-likeness (QED) is 0.138. The Morgan fingerprint density at radius 2 is 1.88 bits per heavy atom. The van der Waals surface area contributed by atoms with Gasteiger partial charge in [0.25, 0.3) is 0 Å². The number of methoxy groups -OCH3 is 1. The minimum absolute atomic E-state index is 0.0188. The highest BCUT2D eigenvalue weighted by Gasteiger charge is 2.34. The lowest BCUT2D eigenvalue weighted by molar-refractivity contribution is -0.143. The zero-order valence-corrected chi connectivity index (χ0v) is 29.6. The summed E-state index contributed by atoms with van der Waals surface area (Å²) in [5.74, 6) is -0.626. The maximum Gasteiger partial charge on any atom is 0.306 e. The number of sulfonamides is 1. The van der Waals surface area contributed by atoms with Crippen LogP contribution in [-0.2, 0) is 42.7 Å². The summed E-state index contributed by atoms with van der Waals surface area (Å²) in [5.41, 5.74) is 4.57. The van der Waals surface area contributed by atoms with Crippen LogP contribution in [0.4, 0.5) is 0 Å². The molecule has 1 aliphatic rings. The van der Waals surface area contributed by atoms with Gasteiger partial charge in [0, 0.05) is 25.6 Å². The Hall–Kier alpha value is -4.73. The van der Waals surface area contributed by atoms with Crippen LogP contribution in [0.15, 0.2) is 53.4 Å². The first-order chi connectivity index (χ1) is 23.9. The predicted molar refractivity (Wildman–Crippen MR) is 182 cm³/mol. The van der Waals surface area contributed by atoms with Gasteiger partial charge in [-0.15, -0.1) is 5.10 Å². The van der Waals surface area contributed by atoms with Crippen molar-refractivity contribution < 1.29 is 46.8 Å². The van der Waals surface area contributed by atoms with Gasteiger partial charge >= 0.3 is 11.9 Å². The number of rotatable bonds is 15. The summed E-state index contributed by atoms with van der Waals surface area (Å²) in [6, 6.07) is 14.1. The molecule has 0 amide bonds. The van der Waals surface area contributed by atoms with Crippen LogP contribution in [0.25, 0.3) is 11.0 Å². The molecule has 0 aliphatic carbocycles. The van der Waals surface area contributed by atoms with Crippen molar-refractivity contribution in [3.63, 3.8) is 0 Å². The van der Waals surface area contributed by atoms with E-state index in [4.69, 9.17) is 28.8 Å². The van der Waals surface area contributed by atoms with Gasteiger partial charge in [-0.1, -0.05) is 23.4 Å². The molecule has 1 N–H and O–H groups in total. The number of ether oxygens (including phenoxy) is 5. The third-order valence-electron chi connectivity index (χ3n) is 8.39. The van der Waals surface area contributed by atoms with Gasteiger partial charge in [0.05, 0.1) is 46.3 Å². The summed E-state index contributed by atoms with van der Waals surface area (Å²) >= 11 is 0. The van der Waals surface area contributed by atoms with Gasteiger partial charge in [-0.05, 0) is 67.3 Å². The van der Waals surface area contributed by atoms with E-state index in [0.717, 1.165) is 27.8 Å². The molecule has 3 aromatic carbocycles. The average Bonchev–Trinajstić information content (AvgIpc) is 3.41. The second-order valence-corrected chi connectivity index (χ2v) is 13.9. The van der Waals surface area contributed by atoms with Crippen molar-refractivity contribution in [3.8, 4) is 17.2 Å². The van der Waals surface area contributed by atoms with Crippen LogP contribution >= 0.6 is 0 Å². The van der Waals surface area contributed by atoms with Crippen LogP contribution in [0.5, 0.6) is 17.2 Å². The number of carbonyl (C=O) groups is 2. The van der Waals surface area contributed by atoms with Gasteiger partial charge in [-0.3, -0.25) is 9.59 Å². The zero-order chi connectivity index (χ0) is 36.0. The average molecular weight is 711 g/mol. The maximum absolute atomic E-state index is 14.1. The van der Waals surface area contributed by atoms with E-state index in [1.807, 2.05) is 37.3 Å². The molecule has 1 unspecified atom stereocenters. The van der Waals surface area contributed by atoms with Gasteiger partial charge in [0.1, 0.15) is 45.9 Å². The highest BCUT2D eigenvalue weighted by Crippen LogP contribution is 2.38. The summed E-state index contributed by atoms with van der Waals surface area (Å²) in [6.07, 6.45) is -0.539. The highest BCUT2D eigenvalue weighted by molar-refractivity contribution is 7.89. The molecule has 0 fully saturated rings. The Kier molecular flexibility index (Phi) is 11.6. The summed E-state index contributed by atoms with van der Waals surface area (Å²) in [7, 11) is -0.660. The third kappa shape index (κ3) is 8.34. The molecule has 5 rings (SSSR count). The fraction of sp³-hybridized carbons (Fsp3) is 0.429. The number of hydrogen-bond donors (Lipinski definition) is 1. The number of hydrogen-bond acceptors (Lipinski definition) is 11. The number of aromatic nitrogens is 3. The number of carbonyl (C=O) groups excluding carboxylic acids is 1. The van der Waals surface area contributed by atoms with Crippen LogP contribution in [0.3, 0.4) is 0 Å². The Balaban J connectivity index is 1.42. The van der Waals surface area contributed by atoms with Crippen molar-refractivity contribution >= 4 is 33.0 Å². The Bertz CT molecular complexity index is 1960. The van der Waals surface area contributed by atoms with Crippen molar-refractivity contribution in [2.75, 3.05) is 40.1 Å². The van der Waals surface area contributed by atoms with Crippen LogP contribution in [-0.4, -0.2) is 90.9 Å². The Morgan fingerprint density at radius 3 is 2.62 bits per heavy atom. The fourth-order valence-corrected chi connectivity index (χ4v) is 7.50. The zero-order valence-electron chi connectivity index (χ0n) is 28.7. The van der Waals surface area contributed by atoms with Crippen molar-refractivity contribution in [3.05, 3.63) is 70.8 Å². The van der Waals surface area contributed by atoms with Gasteiger partial charge in [-0.25, -0.2) is 13.1 Å². The van der Waals surface area contributed by atoms with E-state index in [0.29, 0.717) is 17.0 Å². The molecule has 4 aromatic rings. The van der Waals surface area contributed by atoms with Gasteiger partial charge in [0.2, 0.25) is 10.0 Å². The molecule has 268 valence electrons. The summed E-state index contributed by atoms with van der Waals surface area (Å²) in [6.45, 7) is 6.28. The minimum Gasteiger partial charge on any atom is -0.494 e. The molecule has 0 saturated carbocycles. The van der Waals surface area contributed by atoms with Gasteiger partial charge in [-0.2, -0.15) is 4.31 Å². The van der Waals surface area contributed by atoms with Crippen LogP contribution in [0, 0.1) is 6.92 Å². The van der Waals surface area contributed by atoms with E-state index < -0.39 is 28.0 Å². The molecule has 14 nitrogen and oxygen atoms in total. The number of esters is 1. The van der Waals surface area contributed by atoms with E-state index in [9.17, 15) is 18.0 Å². The summed E-state index contributed by atoms with van der Waals surface area (Å²) in [5, 5.41) is 17.1. The Morgan fingerprint density at radius 1 is 1.08 bits per heavy atom. The molecule has 1 aromatic heterocycles. The molecular weight excluding hydrogens is 668 g/mol. The maximum atomic E-state index is 14.1. The SMILES string of the molecule is CCOC(=O)CC(c1ccc(C)c(CN2C[C@@H](C)Oc3cc(OCCOCCC(=O)O)ccc3S2(=O)=O)c1)c1cc(OC)c2c(c1)nnn2C. The van der Waals surface area contributed by atoms with E-state index in [1.165, 1.54) is 16.4 Å². The molecule has 2 heterocycles. The molecule has 0 saturated heterocycles. The monoisotopic (exact) mass is 710 g/mol. The topological polar surface area (TPSA) is 169 Å². The van der Waals surface area contributed by atoms with E-state index >= 15 is 0 Å². The molecule has 0 spiro atoms. The first kappa shape index (κ1) is 36.5.